The minimum absolute atomic E-state index is 0.232. The molecule has 0 aliphatic carbocycles. The van der Waals surface area contributed by atoms with Crippen LogP contribution in [0.15, 0.2) is 6.20 Å². The number of nitrogens with zero attached hydrogens (tertiary/aromatic N) is 2. The molecule has 0 aromatic carbocycles. The molecule has 19 heavy (non-hydrogen) atoms. The highest BCUT2D eigenvalue weighted by atomic mass is 16.5. The molecular weight excluding hydrogens is 242 g/mol. The van der Waals surface area contributed by atoms with Gasteiger partial charge in [-0.1, -0.05) is 13.3 Å². The zero-order valence-corrected chi connectivity index (χ0v) is 12.8. The molecule has 1 aromatic rings. The van der Waals surface area contributed by atoms with Gasteiger partial charge in [0.1, 0.15) is 0 Å². The summed E-state index contributed by atoms with van der Waals surface area (Å²) >= 11 is 0. The molecule has 5 heteroatoms. The fraction of sp³-hybridized carbons (Fsp3) is 0.786. The summed E-state index contributed by atoms with van der Waals surface area (Å²) in [5.74, 6) is 0.901. The van der Waals surface area contributed by atoms with Crippen LogP contribution in [0.3, 0.4) is 0 Å². The fourth-order valence-electron chi connectivity index (χ4n) is 2.24. The third-order valence-corrected chi connectivity index (χ3v) is 3.02. The van der Waals surface area contributed by atoms with Crippen LogP contribution < -0.4 is 5.32 Å². The molecule has 110 valence electrons. The predicted octanol–water partition coefficient (Wildman–Crippen LogP) is 2.63. The highest BCUT2D eigenvalue weighted by Crippen LogP contribution is 2.21. The zero-order chi connectivity index (χ0) is 14.3. The van der Waals surface area contributed by atoms with Crippen molar-refractivity contribution >= 4 is 5.95 Å². The molecule has 2 unspecified atom stereocenters. The lowest BCUT2D eigenvalue weighted by Gasteiger charge is -2.21. The van der Waals surface area contributed by atoms with Crippen molar-refractivity contribution in [1.29, 1.82) is 0 Å². The number of rotatable bonds is 9. The van der Waals surface area contributed by atoms with Crippen molar-refractivity contribution in [2.24, 2.45) is 0 Å². The van der Waals surface area contributed by atoms with Gasteiger partial charge in [-0.2, -0.15) is 0 Å². The van der Waals surface area contributed by atoms with E-state index < -0.39 is 0 Å². The van der Waals surface area contributed by atoms with Gasteiger partial charge in [0.05, 0.1) is 24.9 Å². The second-order valence-corrected chi connectivity index (χ2v) is 5.01. The summed E-state index contributed by atoms with van der Waals surface area (Å²) in [6, 6.07) is 0.559. The Morgan fingerprint density at radius 1 is 1.32 bits per heavy atom. The Kier molecular flexibility index (Phi) is 6.87. The van der Waals surface area contributed by atoms with Crippen LogP contribution in [0.2, 0.25) is 0 Å². The van der Waals surface area contributed by atoms with Gasteiger partial charge in [-0.3, -0.25) is 0 Å². The van der Waals surface area contributed by atoms with E-state index in [9.17, 15) is 0 Å². The summed E-state index contributed by atoms with van der Waals surface area (Å²) in [7, 11) is 3.45. The lowest BCUT2D eigenvalue weighted by molar-refractivity contribution is 0.150. The van der Waals surface area contributed by atoms with Gasteiger partial charge < -0.3 is 19.4 Å². The number of hydrogen-bond acceptors (Lipinski definition) is 4. The molecule has 0 fully saturated rings. The van der Waals surface area contributed by atoms with E-state index in [0.717, 1.165) is 24.5 Å². The maximum atomic E-state index is 5.33. The SMILES string of the molecule is CCCC(COC)n1cc(C)nc1NC(C)COC. The van der Waals surface area contributed by atoms with Crippen LogP contribution in [0.25, 0.3) is 0 Å². The molecule has 1 rings (SSSR count). The molecule has 1 N–H and O–H groups in total. The number of imidazole rings is 1. The van der Waals surface area contributed by atoms with Crippen molar-refractivity contribution in [1.82, 2.24) is 9.55 Å². The number of aromatic nitrogens is 2. The Morgan fingerprint density at radius 2 is 2.00 bits per heavy atom. The standard InChI is InChI=1S/C14H27N3O2/c1-6-7-13(10-19-5)17-8-11(2)15-14(17)16-12(3)9-18-4/h8,12-13H,6-7,9-10H2,1-5H3,(H,15,16). The Hall–Kier alpha value is -1.07. The van der Waals surface area contributed by atoms with E-state index in [-0.39, 0.29) is 6.04 Å². The van der Waals surface area contributed by atoms with Crippen molar-refractivity contribution in [3.8, 4) is 0 Å². The van der Waals surface area contributed by atoms with Gasteiger partial charge in [-0.05, 0) is 20.3 Å². The summed E-state index contributed by atoms with van der Waals surface area (Å²) in [5, 5.41) is 3.40. The first-order valence-electron chi connectivity index (χ1n) is 6.92. The summed E-state index contributed by atoms with van der Waals surface area (Å²) in [6.45, 7) is 7.65. The van der Waals surface area contributed by atoms with E-state index in [1.54, 1.807) is 14.2 Å². The molecule has 0 radical (unpaired) electrons. The fourth-order valence-corrected chi connectivity index (χ4v) is 2.24. The van der Waals surface area contributed by atoms with Crippen molar-refractivity contribution in [3.63, 3.8) is 0 Å². The van der Waals surface area contributed by atoms with Crippen LogP contribution in [0.1, 0.15) is 38.4 Å². The third-order valence-electron chi connectivity index (χ3n) is 3.02. The van der Waals surface area contributed by atoms with Crippen molar-refractivity contribution in [3.05, 3.63) is 11.9 Å². The van der Waals surface area contributed by atoms with Gasteiger partial charge in [0.15, 0.2) is 0 Å². The number of ether oxygens (including phenoxy) is 2. The van der Waals surface area contributed by atoms with Crippen LogP contribution in [0.4, 0.5) is 5.95 Å². The number of methoxy groups -OCH3 is 2. The molecule has 2 atom stereocenters. The van der Waals surface area contributed by atoms with Gasteiger partial charge in [0.25, 0.3) is 0 Å². The average Bonchev–Trinajstić information content (AvgIpc) is 2.70. The molecule has 0 spiro atoms. The van der Waals surface area contributed by atoms with Crippen molar-refractivity contribution in [2.75, 3.05) is 32.8 Å². The number of nitrogens with one attached hydrogen (secondary N) is 1. The molecule has 0 amide bonds. The van der Waals surface area contributed by atoms with Gasteiger partial charge in [0.2, 0.25) is 5.95 Å². The van der Waals surface area contributed by atoms with E-state index in [2.05, 4.69) is 34.9 Å². The van der Waals surface area contributed by atoms with Gasteiger partial charge in [-0.15, -0.1) is 0 Å². The molecule has 1 aromatic heterocycles. The molecule has 0 bridgehead atoms. The van der Waals surface area contributed by atoms with E-state index in [4.69, 9.17) is 9.47 Å². The Balaban J connectivity index is 2.85. The molecule has 1 heterocycles. The van der Waals surface area contributed by atoms with Crippen LogP contribution in [0.5, 0.6) is 0 Å². The van der Waals surface area contributed by atoms with Crippen LogP contribution in [-0.2, 0) is 9.47 Å². The quantitative estimate of drug-likeness (QED) is 0.748. The first kappa shape index (κ1) is 16.0. The van der Waals surface area contributed by atoms with Crippen LogP contribution in [-0.4, -0.2) is 43.0 Å². The second-order valence-electron chi connectivity index (χ2n) is 5.01. The first-order chi connectivity index (χ1) is 9.12. The van der Waals surface area contributed by atoms with Gasteiger partial charge in [0, 0.05) is 26.5 Å². The minimum Gasteiger partial charge on any atom is -0.383 e. The summed E-state index contributed by atoms with van der Waals surface area (Å²) in [6.07, 6.45) is 4.29. The summed E-state index contributed by atoms with van der Waals surface area (Å²) in [5.41, 5.74) is 1.02. The number of aryl methyl sites for hydroxylation is 1. The smallest absolute Gasteiger partial charge is 0.203 e. The maximum absolute atomic E-state index is 5.33. The minimum atomic E-state index is 0.232. The first-order valence-corrected chi connectivity index (χ1v) is 6.92. The Morgan fingerprint density at radius 3 is 2.58 bits per heavy atom. The lowest BCUT2D eigenvalue weighted by atomic mass is 10.2. The van der Waals surface area contributed by atoms with Crippen molar-refractivity contribution in [2.45, 2.75) is 45.7 Å². The summed E-state index contributed by atoms with van der Waals surface area (Å²) < 4.78 is 12.7. The van der Waals surface area contributed by atoms with E-state index in [1.807, 2.05) is 6.92 Å². The largest absolute Gasteiger partial charge is 0.383 e. The van der Waals surface area contributed by atoms with Crippen molar-refractivity contribution < 1.29 is 9.47 Å². The van der Waals surface area contributed by atoms with E-state index in [1.165, 1.54) is 0 Å². The molecule has 0 aliphatic rings. The molecular formula is C14H27N3O2. The second kappa shape index (κ2) is 8.17. The van der Waals surface area contributed by atoms with E-state index >= 15 is 0 Å². The van der Waals surface area contributed by atoms with E-state index in [0.29, 0.717) is 19.3 Å². The average molecular weight is 269 g/mol. The Labute approximate surface area is 116 Å². The zero-order valence-electron chi connectivity index (χ0n) is 12.8. The summed E-state index contributed by atoms with van der Waals surface area (Å²) in [4.78, 5) is 4.56. The van der Waals surface area contributed by atoms with Crippen LogP contribution in [0, 0.1) is 6.92 Å². The molecule has 0 saturated carbocycles. The van der Waals surface area contributed by atoms with Crippen LogP contribution >= 0.6 is 0 Å². The monoisotopic (exact) mass is 269 g/mol. The molecule has 5 nitrogen and oxygen atoms in total. The van der Waals surface area contributed by atoms with Gasteiger partial charge >= 0.3 is 0 Å². The molecule has 0 aliphatic heterocycles. The lowest BCUT2D eigenvalue weighted by Crippen LogP contribution is -2.25. The highest BCUT2D eigenvalue weighted by molar-refractivity contribution is 5.31. The third kappa shape index (κ3) is 4.84. The predicted molar refractivity (Wildman–Crippen MR) is 77.7 cm³/mol. The topological polar surface area (TPSA) is 48.3 Å². The maximum Gasteiger partial charge on any atom is 0.203 e. The highest BCUT2D eigenvalue weighted by Gasteiger charge is 2.16. The number of anilines is 1. The molecule has 0 saturated heterocycles. The van der Waals surface area contributed by atoms with Gasteiger partial charge in [-0.25, -0.2) is 4.98 Å². The normalized spacial score (nSPS) is 14.4. The number of hydrogen-bond donors (Lipinski definition) is 1. The Bertz CT molecular complexity index is 360.